The van der Waals surface area contributed by atoms with Gasteiger partial charge in [0.2, 0.25) is 17.7 Å². The molecular weight excluding hydrogens is 342 g/mol. The van der Waals surface area contributed by atoms with Crippen molar-refractivity contribution in [3.63, 3.8) is 0 Å². The maximum Gasteiger partial charge on any atom is 0.243 e. The van der Waals surface area contributed by atoms with Crippen LogP contribution in [0, 0.1) is 12.8 Å². The summed E-state index contributed by atoms with van der Waals surface area (Å²) < 4.78 is 0. The molecule has 0 aliphatic heterocycles. The average Bonchev–Trinajstić information content (AvgIpc) is 3.19. The number of nitrogens with one attached hydrogen (secondary N) is 2. The SMILES string of the molecule is CCCCN(CC(=O)NCC(=O)Nc1ccc(C)cc1)C(=O)C1CCCC1. The highest BCUT2D eigenvalue weighted by atomic mass is 16.2. The normalized spacial score (nSPS) is 14.0. The summed E-state index contributed by atoms with van der Waals surface area (Å²) in [6.07, 6.45) is 5.85. The minimum atomic E-state index is -0.295. The van der Waals surface area contributed by atoms with Gasteiger partial charge in [0.25, 0.3) is 0 Å². The zero-order valence-corrected chi connectivity index (χ0v) is 16.4. The van der Waals surface area contributed by atoms with Gasteiger partial charge in [0.05, 0.1) is 13.1 Å². The molecule has 0 saturated heterocycles. The Morgan fingerprint density at radius 3 is 2.37 bits per heavy atom. The van der Waals surface area contributed by atoms with E-state index in [-0.39, 0.29) is 36.7 Å². The molecule has 2 rings (SSSR count). The lowest BCUT2D eigenvalue weighted by atomic mass is 10.1. The van der Waals surface area contributed by atoms with Gasteiger partial charge < -0.3 is 15.5 Å². The van der Waals surface area contributed by atoms with Crippen LogP contribution in [0.4, 0.5) is 5.69 Å². The van der Waals surface area contributed by atoms with Crippen molar-refractivity contribution in [3.8, 4) is 0 Å². The molecule has 0 bridgehead atoms. The average molecular weight is 373 g/mol. The molecule has 1 fully saturated rings. The minimum Gasteiger partial charge on any atom is -0.345 e. The first-order valence-corrected chi connectivity index (χ1v) is 9.91. The van der Waals surface area contributed by atoms with Crippen molar-refractivity contribution in [3.05, 3.63) is 29.8 Å². The number of unbranched alkanes of at least 4 members (excludes halogenated alkanes) is 1. The van der Waals surface area contributed by atoms with Gasteiger partial charge in [0.15, 0.2) is 0 Å². The summed E-state index contributed by atoms with van der Waals surface area (Å²) in [5.41, 5.74) is 1.81. The molecule has 6 heteroatoms. The van der Waals surface area contributed by atoms with Crippen molar-refractivity contribution in [2.24, 2.45) is 5.92 Å². The molecule has 0 aromatic heterocycles. The van der Waals surface area contributed by atoms with Crippen molar-refractivity contribution < 1.29 is 14.4 Å². The van der Waals surface area contributed by atoms with Gasteiger partial charge in [-0.05, 0) is 38.3 Å². The molecule has 0 heterocycles. The number of aryl methyl sites for hydroxylation is 1. The number of rotatable bonds is 9. The number of nitrogens with zero attached hydrogens (tertiary/aromatic N) is 1. The van der Waals surface area contributed by atoms with Crippen LogP contribution < -0.4 is 10.6 Å². The van der Waals surface area contributed by atoms with E-state index in [9.17, 15) is 14.4 Å². The van der Waals surface area contributed by atoms with Crippen LogP contribution in [0.3, 0.4) is 0 Å². The molecular formula is C21H31N3O3. The second-order valence-electron chi connectivity index (χ2n) is 7.29. The fraction of sp³-hybridized carbons (Fsp3) is 0.571. The van der Waals surface area contributed by atoms with Crippen LogP contribution in [0.2, 0.25) is 0 Å². The van der Waals surface area contributed by atoms with Crippen molar-refractivity contribution in [1.82, 2.24) is 10.2 Å². The number of benzene rings is 1. The Morgan fingerprint density at radius 2 is 1.74 bits per heavy atom. The van der Waals surface area contributed by atoms with Crippen molar-refractivity contribution >= 4 is 23.4 Å². The third-order valence-electron chi connectivity index (χ3n) is 4.91. The maximum atomic E-state index is 12.7. The predicted molar refractivity (Wildman–Crippen MR) is 106 cm³/mol. The van der Waals surface area contributed by atoms with Gasteiger partial charge in [0, 0.05) is 18.2 Å². The summed E-state index contributed by atoms with van der Waals surface area (Å²) in [6, 6.07) is 7.46. The highest BCUT2D eigenvalue weighted by Crippen LogP contribution is 2.26. The predicted octanol–water partition coefficient (Wildman–Crippen LogP) is 2.87. The van der Waals surface area contributed by atoms with E-state index < -0.39 is 0 Å². The third-order valence-corrected chi connectivity index (χ3v) is 4.91. The van der Waals surface area contributed by atoms with Crippen LogP contribution in [0.5, 0.6) is 0 Å². The van der Waals surface area contributed by atoms with Gasteiger partial charge in [-0.1, -0.05) is 43.9 Å². The molecule has 27 heavy (non-hydrogen) atoms. The highest BCUT2D eigenvalue weighted by molar-refractivity contribution is 5.95. The first kappa shape index (κ1) is 20.9. The second-order valence-corrected chi connectivity index (χ2v) is 7.29. The number of amides is 3. The Bertz CT molecular complexity index is 637. The van der Waals surface area contributed by atoms with Crippen LogP contribution in [0.25, 0.3) is 0 Å². The molecule has 1 aliphatic carbocycles. The Kier molecular flexibility index (Phi) is 8.30. The summed E-state index contributed by atoms with van der Waals surface area (Å²) >= 11 is 0. The highest BCUT2D eigenvalue weighted by Gasteiger charge is 2.28. The van der Waals surface area contributed by atoms with Gasteiger partial charge in [-0.3, -0.25) is 14.4 Å². The van der Waals surface area contributed by atoms with Crippen LogP contribution in [-0.4, -0.2) is 42.3 Å². The van der Waals surface area contributed by atoms with Crippen molar-refractivity contribution in [2.75, 3.05) is 25.0 Å². The van der Waals surface area contributed by atoms with Gasteiger partial charge in [0.1, 0.15) is 0 Å². The molecule has 0 radical (unpaired) electrons. The van der Waals surface area contributed by atoms with Gasteiger partial charge in [-0.2, -0.15) is 0 Å². The largest absolute Gasteiger partial charge is 0.345 e. The van der Waals surface area contributed by atoms with E-state index in [0.29, 0.717) is 12.2 Å². The van der Waals surface area contributed by atoms with Crippen LogP contribution in [-0.2, 0) is 14.4 Å². The molecule has 6 nitrogen and oxygen atoms in total. The molecule has 148 valence electrons. The molecule has 0 spiro atoms. The Hall–Kier alpha value is -2.37. The molecule has 1 aliphatic rings. The molecule has 0 atom stereocenters. The van der Waals surface area contributed by atoms with E-state index in [1.807, 2.05) is 31.2 Å². The molecule has 2 N–H and O–H groups in total. The van der Waals surface area contributed by atoms with Gasteiger partial charge in [-0.25, -0.2) is 0 Å². The standard InChI is InChI=1S/C21H31N3O3/c1-3-4-13-24(21(27)17-7-5-6-8-17)15-20(26)22-14-19(25)23-18-11-9-16(2)10-12-18/h9-12,17H,3-8,13-15H2,1-2H3,(H,22,26)(H,23,25). The molecule has 3 amide bonds. The smallest absolute Gasteiger partial charge is 0.243 e. The molecule has 1 saturated carbocycles. The van der Waals surface area contributed by atoms with E-state index in [4.69, 9.17) is 0 Å². The van der Waals surface area contributed by atoms with Crippen molar-refractivity contribution in [2.45, 2.75) is 52.4 Å². The minimum absolute atomic E-state index is 0.0210. The van der Waals surface area contributed by atoms with Crippen molar-refractivity contribution in [1.29, 1.82) is 0 Å². The zero-order valence-electron chi connectivity index (χ0n) is 16.4. The van der Waals surface area contributed by atoms with Gasteiger partial charge in [-0.15, -0.1) is 0 Å². The summed E-state index contributed by atoms with van der Waals surface area (Å²) in [4.78, 5) is 38.6. The molecule has 1 aromatic rings. The Labute approximate surface area is 161 Å². The number of carbonyl (C=O) groups is 3. The summed E-state index contributed by atoms with van der Waals surface area (Å²) in [7, 11) is 0. The number of carbonyl (C=O) groups excluding carboxylic acids is 3. The lowest BCUT2D eigenvalue weighted by Crippen LogP contribution is -2.44. The summed E-state index contributed by atoms with van der Waals surface area (Å²) in [5, 5.41) is 5.37. The fourth-order valence-electron chi connectivity index (χ4n) is 3.30. The number of anilines is 1. The number of hydrogen-bond acceptors (Lipinski definition) is 3. The third kappa shape index (κ3) is 7.04. The monoisotopic (exact) mass is 373 g/mol. The van der Waals surface area contributed by atoms with E-state index >= 15 is 0 Å². The van der Waals surface area contributed by atoms with Gasteiger partial charge >= 0.3 is 0 Å². The van der Waals surface area contributed by atoms with Crippen LogP contribution >= 0.6 is 0 Å². The summed E-state index contributed by atoms with van der Waals surface area (Å²) in [5.74, 6) is -0.439. The van der Waals surface area contributed by atoms with E-state index in [2.05, 4.69) is 17.6 Å². The van der Waals surface area contributed by atoms with E-state index in [1.54, 1.807) is 4.90 Å². The van der Waals surface area contributed by atoms with E-state index in [1.165, 1.54) is 0 Å². The fourth-order valence-corrected chi connectivity index (χ4v) is 3.30. The quantitative estimate of drug-likeness (QED) is 0.699. The Balaban J connectivity index is 1.80. The lowest BCUT2D eigenvalue weighted by molar-refractivity contribution is -0.139. The lowest BCUT2D eigenvalue weighted by Gasteiger charge is -2.25. The first-order valence-electron chi connectivity index (χ1n) is 9.91. The van der Waals surface area contributed by atoms with Crippen LogP contribution in [0.15, 0.2) is 24.3 Å². The number of hydrogen-bond donors (Lipinski definition) is 2. The van der Waals surface area contributed by atoms with E-state index in [0.717, 1.165) is 44.1 Å². The second kappa shape index (κ2) is 10.7. The zero-order chi connectivity index (χ0) is 19.6. The topological polar surface area (TPSA) is 78.5 Å². The van der Waals surface area contributed by atoms with Crippen LogP contribution in [0.1, 0.15) is 51.0 Å². The molecule has 0 unspecified atom stereocenters. The first-order chi connectivity index (χ1) is 13.0. The summed E-state index contributed by atoms with van der Waals surface area (Å²) in [6.45, 7) is 4.55. The molecule has 1 aromatic carbocycles. The maximum absolute atomic E-state index is 12.7. The Morgan fingerprint density at radius 1 is 1.07 bits per heavy atom.